The molecule has 1 atom stereocenters. The molecule has 4 heterocycles. The maximum Gasteiger partial charge on any atom is 0.331 e. The maximum atomic E-state index is 13.6. The third-order valence-electron chi connectivity index (χ3n) is 6.09. The number of aliphatic hydroxyl groups is 1. The quantitative estimate of drug-likeness (QED) is 0.359. The van der Waals surface area contributed by atoms with E-state index in [9.17, 15) is 19.5 Å². The van der Waals surface area contributed by atoms with Gasteiger partial charge in [0.2, 0.25) is 0 Å². The Kier molecular flexibility index (Phi) is 7.94. The van der Waals surface area contributed by atoms with Crippen LogP contribution in [0.4, 0.5) is 10.9 Å². The van der Waals surface area contributed by atoms with Gasteiger partial charge in [0.15, 0.2) is 5.13 Å². The topological polar surface area (TPSA) is 126 Å². The molecule has 0 unspecified atom stereocenters. The summed E-state index contributed by atoms with van der Waals surface area (Å²) in [4.78, 5) is 50.0. The number of carbonyl (C=O) groups excluding carboxylic acids is 2. The van der Waals surface area contributed by atoms with Crippen LogP contribution >= 0.6 is 11.3 Å². The maximum absolute atomic E-state index is 13.6. The van der Waals surface area contributed by atoms with Gasteiger partial charge < -0.3 is 14.7 Å². The van der Waals surface area contributed by atoms with E-state index in [1.54, 1.807) is 26.8 Å². The van der Waals surface area contributed by atoms with Gasteiger partial charge in [0.1, 0.15) is 17.1 Å². The number of aromatic nitrogens is 3. The van der Waals surface area contributed by atoms with E-state index in [-0.39, 0.29) is 22.5 Å². The van der Waals surface area contributed by atoms with Crippen molar-refractivity contribution in [1.82, 2.24) is 14.4 Å². The molecule has 1 aliphatic rings. The van der Waals surface area contributed by atoms with Crippen LogP contribution in [0.5, 0.6) is 0 Å². The summed E-state index contributed by atoms with van der Waals surface area (Å²) in [5, 5.41) is 15.5. The summed E-state index contributed by atoms with van der Waals surface area (Å²) in [5.41, 5.74) is 0.444. The molecule has 10 nitrogen and oxygen atoms in total. The fourth-order valence-electron chi connectivity index (χ4n) is 4.15. The molecule has 39 heavy (non-hydrogen) atoms. The molecule has 0 radical (unpaired) electrons. The average molecular weight is 554 g/mol. The Morgan fingerprint density at radius 2 is 1.95 bits per heavy atom. The van der Waals surface area contributed by atoms with Gasteiger partial charge in [0.05, 0.1) is 17.4 Å². The number of piperidine rings is 1. The number of pyridine rings is 1. The van der Waals surface area contributed by atoms with Gasteiger partial charge in [-0.1, -0.05) is 20.8 Å². The van der Waals surface area contributed by atoms with E-state index in [0.717, 1.165) is 12.1 Å². The molecular weight excluding hydrogens is 518 g/mol. The second-order valence-electron chi connectivity index (χ2n) is 11.6. The van der Waals surface area contributed by atoms with Crippen molar-refractivity contribution in [1.29, 1.82) is 0 Å². The van der Waals surface area contributed by atoms with Gasteiger partial charge >= 0.3 is 5.97 Å². The van der Waals surface area contributed by atoms with Gasteiger partial charge in [-0.05, 0) is 51.8 Å². The van der Waals surface area contributed by atoms with Crippen LogP contribution in [0.15, 0.2) is 34.6 Å². The SMILES string of the molecule is CC(C)(C)OC(=O)/C=C/c1c(N2CCC[C@H](O)C2)nc2cc(C(=O)Nc3nc(C(C)(C)C)cs3)ccn2c1=O. The van der Waals surface area contributed by atoms with Crippen LogP contribution in [0.3, 0.4) is 0 Å². The minimum atomic E-state index is -0.679. The fourth-order valence-corrected chi connectivity index (χ4v) is 5.08. The number of anilines is 2. The molecule has 0 aromatic carbocycles. The Labute approximate surface area is 231 Å². The van der Waals surface area contributed by atoms with E-state index < -0.39 is 23.2 Å². The van der Waals surface area contributed by atoms with Gasteiger partial charge in [0.25, 0.3) is 11.5 Å². The normalized spacial score (nSPS) is 16.6. The summed E-state index contributed by atoms with van der Waals surface area (Å²) in [6.07, 6.45) is 4.93. The highest BCUT2D eigenvalue weighted by atomic mass is 32.1. The number of ether oxygens (including phenoxy) is 1. The van der Waals surface area contributed by atoms with Crippen molar-refractivity contribution >= 4 is 45.9 Å². The minimum Gasteiger partial charge on any atom is -0.457 e. The molecule has 3 aromatic heterocycles. The lowest BCUT2D eigenvalue weighted by Gasteiger charge is -2.32. The average Bonchev–Trinajstić information content (AvgIpc) is 3.31. The van der Waals surface area contributed by atoms with Crippen molar-refractivity contribution in [3.05, 3.63) is 57.0 Å². The van der Waals surface area contributed by atoms with E-state index >= 15 is 0 Å². The number of rotatable bonds is 5. The number of thiazole rings is 1. The Hall–Kier alpha value is -3.57. The summed E-state index contributed by atoms with van der Waals surface area (Å²) < 4.78 is 6.67. The molecule has 0 spiro atoms. The molecule has 208 valence electrons. The Morgan fingerprint density at radius 1 is 1.21 bits per heavy atom. The molecule has 0 saturated carbocycles. The highest BCUT2D eigenvalue weighted by Crippen LogP contribution is 2.27. The third kappa shape index (κ3) is 6.90. The van der Waals surface area contributed by atoms with E-state index in [1.165, 1.54) is 40.2 Å². The molecule has 1 amide bonds. The first kappa shape index (κ1) is 28.4. The number of hydrogen-bond acceptors (Lipinski definition) is 9. The van der Waals surface area contributed by atoms with Gasteiger partial charge in [0, 0.05) is 41.7 Å². The first-order chi connectivity index (χ1) is 18.2. The van der Waals surface area contributed by atoms with Crippen LogP contribution < -0.4 is 15.8 Å². The zero-order valence-electron chi connectivity index (χ0n) is 23.1. The smallest absolute Gasteiger partial charge is 0.331 e. The summed E-state index contributed by atoms with van der Waals surface area (Å²) in [6, 6.07) is 3.08. The largest absolute Gasteiger partial charge is 0.457 e. The number of fused-ring (bicyclic) bond motifs is 1. The monoisotopic (exact) mass is 553 g/mol. The fraction of sp³-hybridized carbons (Fsp3) is 0.464. The number of carbonyl (C=O) groups is 2. The molecule has 11 heteroatoms. The van der Waals surface area contributed by atoms with Gasteiger partial charge in [-0.25, -0.2) is 14.8 Å². The molecule has 1 saturated heterocycles. The zero-order chi connectivity index (χ0) is 28.5. The van der Waals surface area contributed by atoms with Gasteiger partial charge in [-0.2, -0.15) is 0 Å². The van der Waals surface area contributed by atoms with Crippen LogP contribution in [-0.4, -0.2) is 56.1 Å². The molecule has 1 fully saturated rings. The van der Waals surface area contributed by atoms with Crippen molar-refractivity contribution in [3.63, 3.8) is 0 Å². The molecule has 1 aliphatic heterocycles. The Balaban J connectivity index is 1.71. The number of hydrogen-bond donors (Lipinski definition) is 2. The summed E-state index contributed by atoms with van der Waals surface area (Å²) >= 11 is 1.35. The number of esters is 1. The van der Waals surface area contributed by atoms with Crippen molar-refractivity contribution < 1.29 is 19.4 Å². The second kappa shape index (κ2) is 10.9. The van der Waals surface area contributed by atoms with Crippen molar-refractivity contribution in [2.45, 2.75) is 71.5 Å². The summed E-state index contributed by atoms with van der Waals surface area (Å²) in [6.45, 7) is 12.3. The lowest BCUT2D eigenvalue weighted by Crippen LogP contribution is -2.40. The molecule has 3 aromatic rings. The number of nitrogens with zero attached hydrogens (tertiary/aromatic N) is 4. The van der Waals surface area contributed by atoms with Crippen molar-refractivity contribution in [2.24, 2.45) is 0 Å². The van der Waals surface area contributed by atoms with Crippen LogP contribution in [0.25, 0.3) is 11.7 Å². The number of β-amino-alcohol motifs (C(OH)–C–C–N with tert-alkyl or cyclic N) is 1. The molecule has 4 rings (SSSR count). The Bertz CT molecular complexity index is 1480. The lowest BCUT2D eigenvalue weighted by atomic mass is 9.93. The van der Waals surface area contributed by atoms with Gasteiger partial charge in [-0.15, -0.1) is 11.3 Å². The minimum absolute atomic E-state index is 0.137. The van der Waals surface area contributed by atoms with Crippen molar-refractivity contribution in [3.8, 4) is 0 Å². The standard InChI is InChI=1S/C28H35N5O5S/c1-27(2,3)20-16-39-26(29-20)31-24(36)17-11-13-33-21(14-17)30-23(32-12-7-8-18(34)15-32)19(25(33)37)9-10-22(35)38-28(4,5)6/h9-11,13-14,16,18,34H,7-8,12,15H2,1-6H3,(H,29,31,36)/b10-9+/t18-/m0/s1. The predicted octanol–water partition coefficient (Wildman–Crippen LogP) is 4.02. The molecule has 2 N–H and O–H groups in total. The Morgan fingerprint density at radius 3 is 2.59 bits per heavy atom. The highest BCUT2D eigenvalue weighted by molar-refractivity contribution is 7.14. The van der Waals surface area contributed by atoms with Crippen LogP contribution in [-0.2, 0) is 14.9 Å². The van der Waals surface area contributed by atoms with E-state index in [1.807, 2.05) is 10.3 Å². The van der Waals surface area contributed by atoms with Crippen LogP contribution in [0, 0.1) is 0 Å². The van der Waals surface area contributed by atoms with Gasteiger partial charge in [-0.3, -0.25) is 19.3 Å². The van der Waals surface area contributed by atoms with Crippen molar-refractivity contribution in [2.75, 3.05) is 23.3 Å². The first-order valence-corrected chi connectivity index (χ1v) is 13.8. The summed E-state index contributed by atoms with van der Waals surface area (Å²) in [5.74, 6) is -0.614. The second-order valence-corrected chi connectivity index (χ2v) is 12.5. The number of nitrogens with one attached hydrogen (secondary N) is 1. The zero-order valence-corrected chi connectivity index (χ0v) is 24.0. The third-order valence-corrected chi connectivity index (χ3v) is 6.85. The predicted molar refractivity (Wildman–Crippen MR) is 153 cm³/mol. The molecular formula is C28H35N5O5S. The molecule has 0 aliphatic carbocycles. The molecule has 0 bridgehead atoms. The van der Waals surface area contributed by atoms with E-state index in [0.29, 0.717) is 36.0 Å². The first-order valence-electron chi connectivity index (χ1n) is 12.9. The number of aliphatic hydroxyl groups excluding tert-OH is 1. The van der Waals surface area contributed by atoms with Crippen LogP contribution in [0.1, 0.15) is 76.0 Å². The van der Waals surface area contributed by atoms with E-state index in [2.05, 4.69) is 31.1 Å². The van der Waals surface area contributed by atoms with E-state index in [4.69, 9.17) is 9.72 Å². The highest BCUT2D eigenvalue weighted by Gasteiger charge is 2.24. The van der Waals surface area contributed by atoms with Crippen LogP contribution in [0.2, 0.25) is 0 Å². The number of amides is 1. The summed E-state index contributed by atoms with van der Waals surface area (Å²) in [7, 11) is 0. The lowest BCUT2D eigenvalue weighted by molar-refractivity contribution is -0.148.